The fourth-order valence-electron chi connectivity index (χ4n) is 2.49. The molecule has 3 rings (SSSR count). The maximum absolute atomic E-state index is 6.38. The number of nitrogens with zero attached hydrogens (tertiary/aromatic N) is 3. The van der Waals surface area contributed by atoms with E-state index in [1.54, 1.807) is 4.40 Å². The maximum atomic E-state index is 6.38. The Hall–Kier alpha value is -0.0600. The first-order chi connectivity index (χ1) is 9.52. The summed E-state index contributed by atoms with van der Waals surface area (Å²) in [6.07, 6.45) is 3.40. The maximum Gasteiger partial charge on any atom is 0.167 e. The van der Waals surface area contributed by atoms with Gasteiger partial charge in [0.2, 0.25) is 0 Å². The van der Waals surface area contributed by atoms with Crippen molar-refractivity contribution in [2.24, 2.45) is 0 Å². The Kier molecular flexibility index (Phi) is 4.17. The van der Waals surface area contributed by atoms with Crippen LogP contribution in [0.1, 0.15) is 19.3 Å². The van der Waals surface area contributed by atoms with Gasteiger partial charge in [-0.15, -0.1) is 0 Å². The highest BCUT2D eigenvalue weighted by molar-refractivity contribution is 6.51. The lowest BCUT2D eigenvalue weighted by atomic mass is 10.1. The largest absolute Gasteiger partial charge is 0.356 e. The van der Waals surface area contributed by atoms with Crippen molar-refractivity contribution in [2.75, 3.05) is 18.0 Å². The van der Waals surface area contributed by atoms with Gasteiger partial charge in [-0.2, -0.15) is 0 Å². The zero-order chi connectivity index (χ0) is 14.4. The molecule has 1 aliphatic heterocycles. The van der Waals surface area contributed by atoms with Crippen molar-refractivity contribution in [3.8, 4) is 0 Å². The van der Waals surface area contributed by atoms with Gasteiger partial charge < -0.3 is 4.90 Å². The van der Waals surface area contributed by atoms with Crippen LogP contribution in [0.15, 0.2) is 0 Å². The van der Waals surface area contributed by atoms with Gasteiger partial charge in [-0.3, -0.25) is 4.40 Å². The van der Waals surface area contributed by atoms with Crippen LogP contribution in [-0.4, -0.2) is 22.5 Å². The summed E-state index contributed by atoms with van der Waals surface area (Å²) in [5.41, 5.74) is 0.427. The molecule has 0 saturated carbocycles. The van der Waals surface area contributed by atoms with Crippen LogP contribution in [0, 0.1) is 0 Å². The van der Waals surface area contributed by atoms with Gasteiger partial charge in [-0.1, -0.05) is 58.0 Å². The van der Waals surface area contributed by atoms with E-state index < -0.39 is 0 Å². The fourth-order valence-corrected chi connectivity index (χ4v) is 3.60. The Morgan fingerprint density at radius 2 is 1.45 bits per heavy atom. The number of pyridine rings is 1. The molecule has 0 unspecified atom stereocenters. The molecule has 0 amide bonds. The topological polar surface area (TPSA) is 20.5 Å². The molecule has 1 saturated heterocycles. The summed E-state index contributed by atoms with van der Waals surface area (Å²) in [6.45, 7) is 1.78. The highest BCUT2D eigenvalue weighted by Gasteiger charge is 2.25. The highest BCUT2D eigenvalue weighted by atomic mass is 35.5. The average Bonchev–Trinajstić information content (AvgIpc) is 2.75. The molecule has 0 radical (unpaired) electrons. The number of hydrogen-bond acceptors (Lipinski definition) is 2. The second kappa shape index (κ2) is 5.62. The summed E-state index contributed by atoms with van der Waals surface area (Å²) in [6, 6.07) is 0. The van der Waals surface area contributed by atoms with Gasteiger partial charge in [0, 0.05) is 13.1 Å². The molecule has 108 valence electrons. The number of aromatic nitrogens is 2. The zero-order valence-corrected chi connectivity index (χ0v) is 14.0. The minimum Gasteiger partial charge on any atom is -0.356 e. The molecule has 8 heteroatoms. The van der Waals surface area contributed by atoms with E-state index in [4.69, 9.17) is 58.0 Å². The number of halogens is 5. The lowest BCUT2D eigenvalue weighted by Gasteiger charge is -2.30. The molecule has 3 nitrogen and oxygen atoms in total. The Morgan fingerprint density at radius 1 is 0.800 bits per heavy atom. The van der Waals surface area contributed by atoms with E-state index in [0.29, 0.717) is 21.6 Å². The lowest BCUT2D eigenvalue weighted by Crippen LogP contribution is -2.31. The van der Waals surface area contributed by atoms with Gasteiger partial charge in [-0.05, 0) is 19.3 Å². The Balaban J connectivity index is 2.33. The van der Waals surface area contributed by atoms with E-state index >= 15 is 0 Å². The van der Waals surface area contributed by atoms with E-state index in [-0.39, 0.29) is 15.2 Å². The first kappa shape index (κ1) is 14.9. The molecule has 2 aromatic heterocycles. The third-order valence-corrected chi connectivity index (χ3v) is 5.42. The third-order valence-electron chi connectivity index (χ3n) is 3.43. The minimum absolute atomic E-state index is 0.185. The predicted octanol–water partition coefficient (Wildman–Crippen LogP) is 5.59. The molecule has 3 heterocycles. The molecule has 0 spiro atoms. The standard InChI is InChI=1S/C12H10Cl5N3/c13-6-7(14)11-18-9(16)10(17)20(11)12(8(6)15)19-4-2-1-3-5-19/h1-5H2. The normalized spacial score (nSPS) is 16.1. The van der Waals surface area contributed by atoms with Gasteiger partial charge in [0.05, 0.1) is 5.02 Å². The summed E-state index contributed by atoms with van der Waals surface area (Å²) < 4.78 is 1.67. The SMILES string of the molecule is Clc1nc2c(Cl)c(Cl)c(Cl)c(N3CCCCC3)n2c1Cl. The summed E-state index contributed by atoms with van der Waals surface area (Å²) in [5, 5.41) is 1.39. The van der Waals surface area contributed by atoms with Crippen LogP contribution in [-0.2, 0) is 0 Å². The number of fused-ring (bicyclic) bond motifs is 1. The van der Waals surface area contributed by atoms with Crippen LogP contribution in [0.25, 0.3) is 5.65 Å². The number of anilines is 1. The van der Waals surface area contributed by atoms with E-state index in [0.717, 1.165) is 25.9 Å². The van der Waals surface area contributed by atoms with E-state index in [9.17, 15) is 0 Å². The summed E-state index contributed by atoms with van der Waals surface area (Å²) in [7, 11) is 0. The molecule has 1 aliphatic rings. The monoisotopic (exact) mass is 371 g/mol. The van der Waals surface area contributed by atoms with Gasteiger partial charge in [0.1, 0.15) is 15.9 Å². The van der Waals surface area contributed by atoms with E-state index in [1.165, 1.54) is 6.42 Å². The molecular weight excluding hydrogens is 363 g/mol. The van der Waals surface area contributed by atoms with Gasteiger partial charge >= 0.3 is 0 Å². The van der Waals surface area contributed by atoms with Gasteiger partial charge in [0.25, 0.3) is 0 Å². The van der Waals surface area contributed by atoms with Crippen molar-refractivity contribution in [3.05, 3.63) is 25.4 Å². The summed E-state index contributed by atoms with van der Waals surface area (Å²) in [4.78, 5) is 6.31. The number of hydrogen-bond donors (Lipinski definition) is 0. The first-order valence-corrected chi connectivity index (χ1v) is 8.06. The third kappa shape index (κ3) is 2.24. The lowest BCUT2D eigenvalue weighted by molar-refractivity contribution is 0.572. The van der Waals surface area contributed by atoms with Crippen LogP contribution < -0.4 is 4.90 Å². The summed E-state index contributed by atoms with van der Waals surface area (Å²) >= 11 is 31.0. The molecule has 0 atom stereocenters. The second-order valence-electron chi connectivity index (χ2n) is 4.67. The van der Waals surface area contributed by atoms with Crippen LogP contribution in [0.4, 0.5) is 5.82 Å². The molecule has 0 N–H and O–H groups in total. The quantitative estimate of drug-likeness (QED) is 0.649. The average molecular weight is 373 g/mol. The minimum atomic E-state index is 0.185. The molecule has 20 heavy (non-hydrogen) atoms. The zero-order valence-electron chi connectivity index (χ0n) is 10.3. The van der Waals surface area contributed by atoms with Crippen molar-refractivity contribution in [1.82, 2.24) is 9.38 Å². The number of imidazole rings is 1. The van der Waals surface area contributed by atoms with Crippen LogP contribution in [0.5, 0.6) is 0 Å². The molecule has 0 bridgehead atoms. The van der Waals surface area contributed by atoms with Crippen molar-refractivity contribution >= 4 is 69.5 Å². The molecule has 0 aromatic carbocycles. The Labute approximate surface area is 141 Å². The van der Waals surface area contributed by atoms with Crippen molar-refractivity contribution in [3.63, 3.8) is 0 Å². The van der Waals surface area contributed by atoms with E-state index in [2.05, 4.69) is 9.88 Å². The second-order valence-corrected chi connectivity index (χ2v) is 6.52. The van der Waals surface area contributed by atoms with Crippen molar-refractivity contribution < 1.29 is 0 Å². The molecule has 2 aromatic rings. The fraction of sp³-hybridized carbons (Fsp3) is 0.417. The van der Waals surface area contributed by atoms with Crippen LogP contribution >= 0.6 is 58.0 Å². The Bertz CT molecular complexity index is 676. The molecule has 0 aliphatic carbocycles. The van der Waals surface area contributed by atoms with Gasteiger partial charge in [-0.25, -0.2) is 4.98 Å². The molecular formula is C12H10Cl5N3. The predicted molar refractivity (Wildman–Crippen MR) is 86.3 cm³/mol. The van der Waals surface area contributed by atoms with Crippen LogP contribution in [0.2, 0.25) is 25.4 Å². The van der Waals surface area contributed by atoms with Crippen molar-refractivity contribution in [1.29, 1.82) is 0 Å². The number of piperidine rings is 1. The Morgan fingerprint density at radius 3 is 2.10 bits per heavy atom. The molecule has 1 fully saturated rings. The van der Waals surface area contributed by atoms with Crippen molar-refractivity contribution in [2.45, 2.75) is 19.3 Å². The van der Waals surface area contributed by atoms with E-state index in [1.807, 2.05) is 0 Å². The smallest absolute Gasteiger partial charge is 0.167 e. The van der Waals surface area contributed by atoms with Gasteiger partial charge in [0.15, 0.2) is 16.0 Å². The summed E-state index contributed by atoms with van der Waals surface area (Å²) in [5.74, 6) is 0.708. The first-order valence-electron chi connectivity index (χ1n) is 6.17. The highest BCUT2D eigenvalue weighted by Crippen LogP contribution is 2.43. The van der Waals surface area contributed by atoms with Crippen LogP contribution in [0.3, 0.4) is 0 Å². The number of rotatable bonds is 1.